The van der Waals surface area contributed by atoms with Crippen LogP contribution in [0.3, 0.4) is 0 Å². The van der Waals surface area contributed by atoms with Gasteiger partial charge < -0.3 is 14.6 Å². The second-order valence-corrected chi connectivity index (χ2v) is 6.60. The number of hydrogen-bond donors (Lipinski definition) is 1. The van der Waals surface area contributed by atoms with Gasteiger partial charge in [-0.1, -0.05) is 30.0 Å². The van der Waals surface area contributed by atoms with Gasteiger partial charge in [-0.25, -0.2) is 4.98 Å². The molecule has 1 atom stereocenters. The average Bonchev–Trinajstić information content (AvgIpc) is 3.19. The average molecular weight is 359 g/mol. The highest BCUT2D eigenvalue weighted by molar-refractivity contribution is 5.79. The molecule has 4 rings (SSSR count). The summed E-state index contributed by atoms with van der Waals surface area (Å²) in [7, 11) is 0. The Morgan fingerprint density at radius 2 is 2.11 bits per heavy atom. The van der Waals surface area contributed by atoms with E-state index in [0.29, 0.717) is 5.75 Å². The standard InChI is InChI=1S/C22H21N3O2/c26-22(15-27-19-7-2-1-3-8-19)25-13-5-4-6-18(25)11-9-17-10-12-20-21(14-17)24-16-23-20/h1-3,7-8,10,12,14,16,18H,4-6,13,15H2,(H,23,24)/t18-/m1/s1. The summed E-state index contributed by atoms with van der Waals surface area (Å²) in [5, 5.41) is 0. The van der Waals surface area contributed by atoms with E-state index in [-0.39, 0.29) is 18.6 Å². The van der Waals surface area contributed by atoms with Crippen LogP contribution < -0.4 is 4.74 Å². The number of hydrogen-bond acceptors (Lipinski definition) is 3. The van der Waals surface area contributed by atoms with E-state index in [9.17, 15) is 4.79 Å². The zero-order valence-electron chi connectivity index (χ0n) is 15.0. The van der Waals surface area contributed by atoms with Crippen molar-refractivity contribution in [2.24, 2.45) is 0 Å². The van der Waals surface area contributed by atoms with Gasteiger partial charge in [0.05, 0.1) is 23.4 Å². The molecule has 1 amide bonds. The SMILES string of the molecule is O=C(COc1ccccc1)N1CCCC[C@@H]1C#Cc1ccc2nc[nH]c2c1. The van der Waals surface area contributed by atoms with Gasteiger partial charge >= 0.3 is 0 Å². The fraction of sp³-hybridized carbons (Fsp3) is 0.273. The Morgan fingerprint density at radius 1 is 1.22 bits per heavy atom. The summed E-state index contributed by atoms with van der Waals surface area (Å²) in [5.74, 6) is 7.21. The molecular weight excluding hydrogens is 338 g/mol. The number of carbonyl (C=O) groups is 1. The number of amides is 1. The number of nitrogens with one attached hydrogen (secondary N) is 1. The number of aromatic nitrogens is 2. The summed E-state index contributed by atoms with van der Waals surface area (Å²) < 4.78 is 5.62. The number of ether oxygens (including phenoxy) is 1. The van der Waals surface area contributed by atoms with Crippen molar-refractivity contribution >= 4 is 16.9 Å². The number of H-pyrrole nitrogens is 1. The molecular formula is C22H21N3O2. The van der Waals surface area contributed by atoms with Crippen LogP contribution in [0.2, 0.25) is 0 Å². The lowest BCUT2D eigenvalue weighted by Crippen LogP contribution is -2.45. The van der Waals surface area contributed by atoms with Gasteiger partial charge in [-0.05, 0) is 49.6 Å². The zero-order valence-corrected chi connectivity index (χ0v) is 15.0. The van der Waals surface area contributed by atoms with Gasteiger partial charge in [-0.15, -0.1) is 0 Å². The van der Waals surface area contributed by atoms with Gasteiger partial charge in [0.15, 0.2) is 6.61 Å². The highest BCUT2D eigenvalue weighted by Crippen LogP contribution is 2.18. The van der Waals surface area contributed by atoms with Gasteiger partial charge in [0.25, 0.3) is 5.91 Å². The molecule has 3 aromatic rings. The van der Waals surface area contributed by atoms with Crippen LogP contribution in [-0.2, 0) is 4.79 Å². The van der Waals surface area contributed by atoms with Crippen molar-refractivity contribution in [1.82, 2.24) is 14.9 Å². The molecule has 136 valence electrons. The molecule has 0 spiro atoms. The number of piperidine rings is 1. The normalized spacial score (nSPS) is 16.6. The Labute approximate surface area is 158 Å². The largest absolute Gasteiger partial charge is 0.484 e. The van der Waals surface area contributed by atoms with Gasteiger partial charge in [0, 0.05) is 12.1 Å². The molecule has 2 heterocycles. The van der Waals surface area contributed by atoms with Crippen LogP contribution in [0.15, 0.2) is 54.9 Å². The maximum Gasteiger partial charge on any atom is 0.261 e. The molecule has 1 saturated heterocycles. The van der Waals surface area contributed by atoms with Crippen LogP contribution in [-0.4, -0.2) is 40.0 Å². The van der Waals surface area contributed by atoms with Crippen LogP contribution in [0.4, 0.5) is 0 Å². The molecule has 0 aliphatic carbocycles. The van der Waals surface area contributed by atoms with Gasteiger partial charge in [0.1, 0.15) is 5.75 Å². The van der Waals surface area contributed by atoms with Crippen LogP contribution in [0.25, 0.3) is 11.0 Å². The highest BCUT2D eigenvalue weighted by Gasteiger charge is 2.25. The van der Waals surface area contributed by atoms with E-state index < -0.39 is 0 Å². The molecule has 5 nitrogen and oxygen atoms in total. The summed E-state index contributed by atoms with van der Waals surface area (Å²) in [4.78, 5) is 21.8. The minimum absolute atomic E-state index is 0.0122. The lowest BCUT2D eigenvalue weighted by atomic mass is 10.0. The molecule has 0 saturated carbocycles. The van der Waals surface area contributed by atoms with Crippen LogP contribution in [0, 0.1) is 11.8 Å². The molecule has 27 heavy (non-hydrogen) atoms. The molecule has 1 aromatic heterocycles. The summed E-state index contributed by atoms with van der Waals surface area (Å²) in [5.41, 5.74) is 2.81. The number of aromatic amines is 1. The Hall–Kier alpha value is -3.26. The van der Waals surface area contributed by atoms with E-state index in [1.807, 2.05) is 53.4 Å². The fourth-order valence-electron chi connectivity index (χ4n) is 3.30. The summed E-state index contributed by atoms with van der Waals surface area (Å²) in [6.07, 6.45) is 4.67. The first-order valence-corrected chi connectivity index (χ1v) is 9.21. The quantitative estimate of drug-likeness (QED) is 0.730. The highest BCUT2D eigenvalue weighted by atomic mass is 16.5. The van der Waals surface area contributed by atoms with E-state index in [1.165, 1.54) is 0 Å². The number of likely N-dealkylation sites (tertiary alicyclic amines) is 1. The number of carbonyl (C=O) groups excluding carboxylic acids is 1. The maximum atomic E-state index is 12.7. The van der Waals surface area contributed by atoms with Crippen molar-refractivity contribution in [2.45, 2.75) is 25.3 Å². The van der Waals surface area contributed by atoms with E-state index >= 15 is 0 Å². The molecule has 0 unspecified atom stereocenters. The first-order chi connectivity index (χ1) is 13.3. The number of para-hydroxylation sites is 1. The predicted molar refractivity (Wildman–Crippen MR) is 104 cm³/mol. The zero-order chi connectivity index (χ0) is 18.5. The second-order valence-electron chi connectivity index (χ2n) is 6.60. The second kappa shape index (κ2) is 7.96. The van der Waals surface area contributed by atoms with Crippen LogP contribution >= 0.6 is 0 Å². The van der Waals surface area contributed by atoms with Crippen LogP contribution in [0.1, 0.15) is 24.8 Å². The fourth-order valence-corrected chi connectivity index (χ4v) is 3.30. The van der Waals surface area contributed by atoms with Crippen molar-refractivity contribution in [3.63, 3.8) is 0 Å². The smallest absolute Gasteiger partial charge is 0.261 e. The molecule has 0 bridgehead atoms. The number of rotatable bonds is 3. The topological polar surface area (TPSA) is 58.2 Å². The molecule has 0 radical (unpaired) electrons. The summed E-state index contributed by atoms with van der Waals surface area (Å²) in [6, 6.07) is 15.3. The van der Waals surface area contributed by atoms with Crippen LogP contribution in [0.5, 0.6) is 5.75 Å². The van der Waals surface area contributed by atoms with E-state index in [2.05, 4.69) is 21.8 Å². The van der Waals surface area contributed by atoms with Gasteiger partial charge in [0.2, 0.25) is 0 Å². The van der Waals surface area contributed by atoms with E-state index in [4.69, 9.17) is 4.74 Å². The number of imidazole rings is 1. The van der Waals surface area contributed by atoms with Gasteiger partial charge in [-0.3, -0.25) is 4.79 Å². The Bertz CT molecular complexity index is 985. The van der Waals surface area contributed by atoms with E-state index in [1.54, 1.807) is 6.33 Å². The Morgan fingerprint density at radius 3 is 3.00 bits per heavy atom. The number of fused-ring (bicyclic) bond motifs is 1. The third-order valence-electron chi connectivity index (χ3n) is 4.73. The first kappa shape index (κ1) is 17.2. The minimum atomic E-state index is -0.0666. The Kier molecular flexibility index (Phi) is 5.06. The van der Waals surface area contributed by atoms with Crippen molar-refractivity contribution < 1.29 is 9.53 Å². The monoisotopic (exact) mass is 359 g/mol. The summed E-state index contributed by atoms with van der Waals surface area (Å²) in [6.45, 7) is 0.776. The number of nitrogens with zero attached hydrogens (tertiary/aromatic N) is 2. The van der Waals surface area contributed by atoms with Crippen molar-refractivity contribution in [3.8, 4) is 17.6 Å². The van der Waals surface area contributed by atoms with E-state index in [0.717, 1.165) is 42.4 Å². The molecule has 2 aromatic carbocycles. The Balaban J connectivity index is 1.45. The molecule has 1 N–H and O–H groups in total. The predicted octanol–water partition coefficient (Wildman–Crippen LogP) is 3.37. The molecule has 5 heteroatoms. The number of benzene rings is 2. The molecule has 1 aliphatic heterocycles. The van der Waals surface area contributed by atoms with Crippen molar-refractivity contribution in [3.05, 3.63) is 60.4 Å². The summed E-state index contributed by atoms with van der Waals surface area (Å²) >= 11 is 0. The first-order valence-electron chi connectivity index (χ1n) is 9.21. The maximum absolute atomic E-state index is 12.7. The van der Waals surface area contributed by atoms with Crippen molar-refractivity contribution in [1.29, 1.82) is 0 Å². The van der Waals surface area contributed by atoms with Crippen molar-refractivity contribution in [2.75, 3.05) is 13.2 Å². The third kappa shape index (κ3) is 4.12. The lowest BCUT2D eigenvalue weighted by molar-refractivity contribution is -0.135. The lowest BCUT2D eigenvalue weighted by Gasteiger charge is -2.32. The van der Waals surface area contributed by atoms with Gasteiger partial charge in [-0.2, -0.15) is 0 Å². The molecule has 1 fully saturated rings. The third-order valence-corrected chi connectivity index (χ3v) is 4.73. The molecule has 1 aliphatic rings. The minimum Gasteiger partial charge on any atom is -0.484 e.